The van der Waals surface area contributed by atoms with Crippen molar-refractivity contribution in [2.75, 3.05) is 0 Å². The highest BCUT2D eigenvalue weighted by Crippen LogP contribution is 2.22. The Morgan fingerprint density at radius 1 is 1.50 bits per heavy atom. The molecule has 3 heteroatoms. The van der Waals surface area contributed by atoms with Crippen LogP contribution in [0.15, 0.2) is 36.9 Å². The van der Waals surface area contributed by atoms with Gasteiger partial charge in [0.2, 0.25) is 0 Å². The second kappa shape index (κ2) is 4.56. The first-order chi connectivity index (χ1) is 6.69. The van der Waals surface area contributed by atoms with Gasteiger partial charge in [-0.2, -0.15) is 0 Å². The van der Waals surface area contributed by atoms with Crippen LogP contribution < -0.4 is 0 Å². The van der Waals surface area contributed by atoms with Crippen LogP contribution in [0.3, 0.4) is 0 Å². The standard InChI is InChI=1S/C11H13NO2/c1-3-9(4-2)10-5-7-11(8-6-10)12(13)14/h3,5-9H,1,4H2,2H3/t9-/m1/s1. The molecule has 0 bridgehead atoms. The molecule has 0 saturated carbocycles. The number of hydrogen-bond donors (Lipinski definition) is 0. The Labute approximate surface area is 83.2 Å². The highest BCUT2D eigenvalue weighted by Gasteiger charge is 2.08. The summed E-state index contributed by atoms with van der Waals surface area (Å²) in [5.41, 5.74) is 1.21. The first-order valence-corrected chi connectivity index (χ1v) is 4.56. The number of hydrogen-bond acceptors (Lipinski definition) is 2. The quantitative estimate of drug-likeness (QED) is 0.416. The van der Waals surface area contributed by atoms with E-state index >= 15 is 0 Å². The van der Waals surface area contributed by atoms with E-state index in [1.807, 2.05) is 6.08 Å². The Balaban J connectivity index is 2.92. The Morgan fingerprint density at radius 2 is 2.07 bits per heavy atom. The number of nitro benzene ring substituents is 1. The SMILES string of the molecule is C=C[C@H](CC)c1ccc([N+](=O)[O-])cc1. The molecule has 1 aromatic carbocycles. The Hall–Kier alpha value is -1.64. The molecule has 0 fully saturated rings. The molecule has 0 spiro atoms. The molecule has 0 amide bonds. The molecule has 0 aliphatic carbocycles. The van der Waals surface area contributed by atoms with Crippen molar-refractivity contribution in [1.29, 1.82) is 0 Å². The smallest absolute Gasteiger partial charge is 0.258 e. The lowest BCUT2D eigenvalue weighted by molar-refractivity contribution is -0.384. The fourth-order valence-electron chi connectivity index (χ4n) is 1.38. The minimum absolute atomic E-state index is 0.132. The van der Waals surface area contributed by atoms with Crippen LogP contribution in [0.4, 0.5) is 5.69 Å². The molecule has 0 heterocycles. The van der Waals surface area contributed by atoms with Crippen LogP contribution in [0.25, 0.3) is 0 Å². The molecule has 0 saturated heterocycles. The lowest BCUT2D eigenvalue weighted by Crippen LogP contribution is -1.93. The van der Waals surface area contributed by atoms with Crippen molar-refractivity contribution in [2.24, 2.45) is 0 Å². The minimum Gasteiger partial charge on any atom is -0.258 e. The van der Waals surface area contributed by atoms with Crippen molar-refractivity contribution >= 4 is 5.69 Å². The summed E-state index contributed by atoms with van der Waals surface area (Å²) in [5, 5.41) is 10.4. The van der Waals surface area contributed by atoms with Gasteiger partial charge in [-0.25, -0.2) is 0 Å². The zero-order chi connectivity index (χ0) is 10.6. The highest BCUT2D eigenvalue weighted by atomic mass is 16.6. The van der Waals surface area contributed by atoms with E-state index in [0.29, 0.717) is 0 Å². The summed E-state index contributed by atoms with van der Waals surface area (Å²) < 4.78 is 0. The summed E-state index contributed by atoms with van der Waals surface area (Å²) in [7, 11) is 0. The predicted octanol–water partition coefficient (Wildman–Crippen LogP) is 3.27. The average Bonchev–Trinajstić information content (AvgIpc) is 2.20. The Kier molecular flexibility index (Phi) is 3.40. The van der Waals surface area contributed by atoms with Gasteiger partial charge >= 0.3 is 0 Å². The maximum atomic E-state index is 10.4. The van der Waals surface area contributed by atoms with Crippen molar-refractivity contribution in [3.8, 4) is 0 Å². The number of nitro groups is 1. The second-order valence-corrected chi connectivity index (χ2v) is 3.10. The third-order valence-electron chi connectivity index (χ3n) is 2.26. The van der Waals surface area contributed by atoms with Gasteiger partial charge in [-0.3, -0.25) is 10.1 Å². The van der Waals surface area contributed by atoms with Crippen molar-refractivity contribution in [3.63, 3.8) is 0 Å². The van der Waals surface area contributed by atoms with Gasteiger partial charge in [0.25, 0.3) is 5.69 Å². The summed E-state index contributed by atoms with van der Waals surface area (Å²) in [6, 6.07) is 6.63. The molecule has 14 heavy (non-hydrogen) atoms. The van der Waals surface area contributed by atoms with Crippen molar-refractivity contribution in [1.82, 2.24) is 0 Å². The number of allylic oxidation sites excluding steroid dienone is 1. The second-order valence-electron chi connectivity index (χ2n) is 3.10. The molecule has 0 aliphatic rings. The van der Waals surface area contributed by atoms with E-state index in [9.17, 15) is 10.1 Å². The van der Waals surface area contributed by atoms with Gasteiger partial charge < -0.3 is 0 Å². The molecular weight excluding hydrogens is 178 g/mol. The molecule has 0 aliphatic heterocycles. The van der Waals surface area contributed by atoms with E-state index in [1.165, 1.54) is 12.1 Å². The first-order valence-electron chi connectivity index (χ1n) is 4.56. The molecule has 1 aromatic rings. The van der Waals surface area contributed by atoms with Gasteiger partial charge in [0.05, 0.1) is 4.92 Å². The highest BCUT2D eigenvalue weighted by molar-refractivity contribution is 5.35. The largest absolute Gasteiger partial charge is 0.269 e. The van der Waals surface area contributed by atoms with Gasteiger partial charge in [0.15, 0.2) is 0 Å². The minimum atomic E-state index is -0.390. The molecule has 0 radical (unpaired) electrons. The normalized spacial score (nSPS) is 12.1. The molecule has 0 aromatic heterocycles. The topological polar surface area (TPSA) is 43.1 Å². The van der Waals surface area contributed by atoms with Crippen LogP contribution in [0.1, 0.15) is 24.8 Å². The lowest BCUT2D eigenvalue weighted by atomic mass is 9.97. The summed E-state index contributed by atoms with van der Waals surface area (Å²) in [4.78, 5) is 10.0. The predicted molar refractivity (Wildman–Crippen MR) is 56.3 cm³/mol. The molecule has 1 rings (SSSR count). The number of nitrogens with zero attached hydrogens (tertiary/aromatic N) is 1. The molecule has 0 N–H and O–H groups in total. The summed E-state index contributed by atoms with van der Waals surface area (Å²) in [5.74, 6) is 0.288. The molecule has 0 unspecified atom stereocenters. The third kappa shape index (κ3) is 2.19. The van der Waals surface area contributed by atoms with Gasteiger partial charge in [0.1, 0.15) is 0 Å². The van der Waals surface area contributed by atoms with Gasteiger partial charge in [-0.05, 0) is 12.0 Å². The molecule has 3 nitrogen and oxygen atoms in total. The maximum Gasteiger partial charge on any atom is 0.269 e. The van der Waals surface area contributed by atoms with E-state index < -0.39 is 4.92 Å². The number of non-ortho nitro benzene ring substituents is 1. The van der Waals surface area contributed by atoms with Crippen LogP contribution >= 0.6 is 0 Å². The van der Waals surface area contributed by atoms with Crippen molar-refractivity contribution in [2.45, 2.75) is 19.3 Å². The first kappa shape index (κ1) is 10.4. The van der Waals surface area contributed by atoms with Crippen LogP contribution in [0, 0.1) is 10.1 Å². The lowest BCUT2D eigenvalue weighted by Gasteiger charge is -2.08. The van der Waals surface area contributed by atoms with Crippen LogP contribution in [0.5, 0.6) is 0 Å². The number of rotatable bonds is 4. The van der Waals surface area contributed by atoms with Gasteiger partial charge in [-0.15, -0.1) is 6.58 Å². The molecule has 1 atom stereocenters. The zero-order valence-corrected chi connectivity index (χ0v) is 8.14. The van der Waals surface area contributed by atoms with Crippen molar-refractivity contribution < 1.29 is 4.92 Å². The summed E-state index contributed by atoms with van der Waals surface area (Å²) >= 11 is 0. The zero-order valence-electron chi connectivity index (χ0n) is 8.14. The van der Waals surface area contributed by atoms with Crippen molar-refractivity contribution in [3.05, 3.63) is 52.6 Å². The average molecular weight is 191 g/mol. The summed E-state index contributed by atoms with van der Waals surface area (Å²) in [6.07, 6.45) is 2.82. The van der Waals surface area contributed by atoms with E-state index in [4.69, 9.17) is 0 Å². The fraction of sp³-hybridized carbons (Fsp3) is 0.273. The van der Waals surface area contributed by atoms with E-state index in [0.717, 1.165) is 12.0 Å². The monoisotopic (exact) mass is 191 g/mol. The third-order valence-corrected chi connectivity index (χ3v) is 2.26. The van der Waals surface area contributed by atoms with Crippen LogP contribution in [-0.2, 0) is 0 Å². The van der Waals surface area contributed by atoms with Crippen LogP contribution in [0.2, 0.25) is 0 Å². The van der Waals surface area contributed by atoms with Gasteiger partial charge in [0, 0.05) is 18.1 Å². The van der Waals surface area contributed by atoms with E-state index in [-0.39, 0.29) is 11.6 Å². The maximum absolute atomic E-state index is 10.4. The van der Waals surface area contributed by atoms with E-state index in [1.54, 1.807) is 12.1 Å². The Bertz CT molecular complexity index is 330. The molecular formula is C11H13NO2. The Morgan fingerprint density at radius 3 is 2.43 bits per heavy atom. The van der Waals surface area contributed by atoms with Gasteiger partial charge in [-0.1, -0.05) is 25.1 Å². The summed E-state index contributed by atoms with van der Waals surface area (Å²) in [6.45, 7) is 5.80. The van der Waals surface area contributed by atoms with Crippen LogP contribution in [-0.4, -0.2) is 4.92 Å². The number of benzene rings is 1. The fourth-order valence-corrected chi connectivity index (χ4v) is 1.38. The molecule has 74 valence electrons. The van der Waals surface area contributed by atoms with E-state index in [2.05, 4.69) is 13.5 Å².